The second-order valence-corrected chi connectivity index (χ2v) is 7.07. The van der Waals surface area contributed by atoms with Crippen molar-refractivity contribution in [2.24, 2.45) is 11.8 Å². The van der Waals surface area contributed by atoms with Crippen LogP contribution in [0.4, 0.5) is 0 Å². The Kier molecular flexibility index (Phi) is 5.91. The van der Waals surface area contributed by atoms with Crippen molar-refractivity contribution in [1.29, 1.82) is 0 Å². The van der Waals surface area contributed by atoms with E-state index in [1.54, 1.807) is 6.92 Å². The summed E-state index contributed by atoms with van der Waals surface area (Å²) >= 11 is 0. The Morgan fingerprint density at radius 1 is 1.05 bits per heavy atom. The highest BCUT2D eigenvalue weighted by Crippen LogP contribution is 2.44. The zero-order valence-corrected chi connectivity index (χ0v) is 12.6. The molecule has 10 nitrogen and oxygen atoms in total. The Morgan fingerprint density at radius 3 is 2.05 bits per heavy atom. The summed E-state index contributed by atoms with van der Waals surface area (Å²) in [5.41, 5.74) is 0. The molecule has 0 saturated carbocycles. The number of aliphatic hydroxyl groups excluding tert-OH is 1. The average Bonchev–Trinajstić information content (AvgIpc) is 2.25. The Morgan fingerprint density at radius 2 is 1.60 bits per heavy atom. The van der Waals surface area contributed by atoms with Gasteiger partial charge in [-0.15, -0.1) is 0 Å². The summed E-state index contributed by atoms with van der Waals surface area (Å²) in [7, 11) is -9.54. The number of hydrogen-bond acceptors (Lipinski definition) is 6. The van der Waals surface area contributed by atoms with Crippen molar-refractivity contribution in [3.63, 3.8) is 0 Å². The van der Waals surface area contributed by atoms with Crippen molar-refractivity contribution in [2.45, 2.75) is 32.3 Å². The second kappa shape index (κ2) is 6.50. The minimum atomic E-state index is -4.83. The molecular formula is C8H18O10P2. The SMILES string of the molecule is CC1C(OP(=O)(O)O)OC(COP(=O)(O)O)[C@@H](C)[C@H]1O. The summed E-state index contributed by atoms with van der Waals surface area (Å²) in [5, 5.41) is 9.95. The van der Waals surface area contributed by atoms with E-state index in [1.165, 1.54) is 6.92 Å². The molecule has 0 bridgehead atoms. The predicted molar refractivity (Wildman–Crippen MR) is 64.1 cm³/mol. The Hall–Kier alpha value is 0.140. The molecule has 1 heterocycles. The molecule has 1 saturated heterocycles. The fraction of sp³-hybridized carbons (Fsp3) is 1.00. The second-order valence-electron chi connectivity index (χ2n) is 4.63. The number of aliphatic hydroxyl groups is 1. The third-order valence-corrected chi connectivity index (χ3v) is 4.02. The van der Waals surface area contributed by atoms with Gasteiger partial charge in [0.1, 0.15) is 0 Å². The highest BCUT2D eigenvalue weighted by molar-refractivity contribution is 7.46. The van der Waals surface area contributed by atoms with Gasteiger partial charge < -0.3 is 29.4 Å². The monoisotopic (exact) mass is 336 g/mol. The molecule has 1 rings (SSSR count). The van der Waals surface area contributed by atoms with Crippen molar-refractivity contribution in [1.82, 2.24) is 0 Å². The van der Waals surface area contributed by atoms with Gasteiger partial charge in [0.2, 0.25) is 0 Å². The van der Waals surface area contributed by atoms with Crippen LogP contribution in [0, 0.1) is 11.8 Å². The normalized spacial score (nSPS) is 36.0. The lowest BCUT2D eigenvalue weighted by atomic mass is 9.86. The first kappa shape index (κ1) is 18.2. The lowest BCUT2D eigenvalue weighted by Crippen LogP contribution is -2.51. The maximum Gasteiger partial charge on any atom is 0.471 e. The zero-order chi connectivity index (χ0) is 15.7. The van der Waals surface area contributed by atoms with E-state index in [0.29, 0.717) is 0 Å². The molecule has 5 atom stereocenters. The first-order valence-electron chi connectivity index (χ1n) is 5.68. The predicted octanol–water partition coefficient (Wildman–Crippen LogP) is -0.437. The maximum atomic E-state index is 10.8. The summed E-state index contributed by atoms with van der Waals surface area (Å²) in [4.78, 5) is 34.8. The number of hydrogen-bond donors (Lipinski definition) is 5. The van der Waals surface area contributed by atoms with Gasteiger partial charge in [-0.3, -0.25) is 9.05 Å². The fourth-order valence-electron chi connectivity index (χ4n) is 1.90. The summed E-state index contributed by atoms with van der Waals surface area (Å²) < 4.78 is 35.3. The molecule has 0 spiro atoms. The van der Waals surface area contributed by atoms with E-state index in [4.69, 9.17) is 24.3 Å². The summed E-state index contributed by atoms with van der Waals surface area (Å²) in [6.07, 6.45) is -3.43. The van der Waals surface area contributed by atoms with Crippen molar-refractivity contribution >= 4 is 15.6 Å². The van der Waals surface area contributed by atoms with E-state index in [0.717, 1.165) is 0 Å². The lowest BCUT2D eigenvalue weighted by Gasteiger charge is -2.41. The number of rotatable bonds is 5. The van der Waals surface area contributed by atoms with E-state index in [1.807, 2.05) is 0 Å². The van der Waals surface area contributed by atoms with Gasteiger partial charge in [-0.2, -0.15) is 0 Å². The van der Waals surface area contributed by atoms with Crippen LogP contribution in [0.1, 0.15) is 13.8 Å². The van der Waals surface area contributed by atoms with Crippen LogP contribution >= 0.6 is 15.6 Å². The topological polar surface area (TPSA) is 163 Å². The molecule has 0 aliphatic carbocycles. The minimum absolute atomic E-state index is 0.545. The van der Waals surface area contributed by atoms with Crippen molar-refractivity contribution in [2.75, 3.05) is 6.61 Å². The third-order valence-electron chi connectivity index (χ3n) is 3.05. The lowest BCUT2D eigenvalue weighted by molar-refractivity contribution is -0.240. The fourth-order valence-corrected chi connectivity index (χ4v) is 2.75. The Balaban J connectivity index is 2.76. The van der Waals surface area contributed by atoms with Crippen LogP contribution in [0.15, 0.2) is 0 Å². The number of ether oxygens (including phenoxy) is 1. The molecule has 5 N–H and O–H groups in total. The first-order valence-corrected chi connectivity index (χ1v) is 8.74. The molecule has 1 aliphatic heterocycles. The van der Waals surface area contributed by atoms with E-state index >= 15 is 0 Å². The van der Waals surface area contributed by atoms with E-state index in [-0.39, 0.29) is 0 Å². The Labute approximate surface area is 115 Å². The molecule has 0 aromatic heterocycles. The molecule has 120 valence electrons. The van der Waals surface area contributed by atoms with E-state index in [2.05, 4.69) is 9.05 Å². The molecule has 12 heteroatoms. The molecule has 3 unspecified atom stereocenters. The largest absolute Gasteiger partial charge is 0.471 e. The van der Waals surface area contributed by atoms with Crippen LogP contribution in [0.3, 0.4) is 0 Å². The molecular weight excluding hydrogens is 318 g/mol. The standard InChI is InChI=1S/C8H18O10P2/c1-4-6(3-16-19(10,11)12)17-8(5(2)7(4)9)18-20(13,14)15/h4-9H,3H2,1-2H3,(H2,10,11,12)(H2,13,14,15)/t4-,5?,6?,7-,8?/m1/s1. The average molecular weight is 336 g/mol. The van der Waals surface area contributed by atoms with Crippen molar-refractivity contribution < 1.29 is 47.6 Å². The maximum absolute atomic E-state index is 10.8. The van der Waals surface area contributed by atoms with Crippen LogP contribution in [-0.4, -0.2) is 49.8 Å². The van der Waals surface area contributed by atoms with Crippen LogP contribution < -0.4 is 0 Å². The minimum Gasteiger partial charge on any atom is -0.392 e. The van der Waals surface area contributed by atoms with Crippen LogP contribution in [-0.2, 0) is 22.9 Å². The first-order chi connectivity index (χ1) is 8.91. The molecule has 20 heavy (non-hydrogen) atoms. The molecule has 1 aliphatic rings. The van der Waals surface area contributed by atoms with Gasteiger partial charge in [-0.1, -0.05) is 13.8 Å². The number of phosphoric acid groups is 2. The van der Waals surface area contributed by atoms with Crippen LogP contribution in [0.25, 0.3) is 0 Å². The van der Waals surface area contributed by atoms with Gasteiger partial charge in [0.15, 0.2) is 6.29 Å². The molecule has 0 radical (unpaired) electrons. The van der Waals surface area contributed by atoms with Gasteiger partial charge >= 0.3 is 15.6 Å². The molecule has 0 amide bonds. The number of phosphoric ester groups is 2. The van der Waals surface area contributed by atoms with Gasteiger partial charge in [0.25, 0.3) is 0 Å². The van der Waals surface area contributed by atoms with E-state index < -0.39 is 52.6 Å². The summed E-state index contributed by atoms with van der Waals surface area (Å²) in [6.45, 7) is 2.49. The smallest absolute Gasteiger partial charge is 0.392 e. The van der Waals surface area contributed by atoms with E-state index in [9.17, 15) is 14.2 Å². The quantitative estimate of drug-likeness (QED) is 0.416. The van der Waals surface area contributed by atoms with Crippen molar-refractivity contribution in [3.05, 3.63) is 0 Å². The molecule has 0 aromatic carbocycles. The van der Waals surface area contributed by atoms with Gasteiger partial charge in [-0.05, 0) is 0 Å². The van der Waals surface area contributed by atoms with Gasteiger partial charge in [0.05, 0.1) is 18.8 Å². The van der Waals surface area contributed by atoms with Gasteiger partial charge in [0, 0.05) is 11.8 Å². The third kappa shape index (κ3) is 5.50. The molecule has 0 aromatic rings. The van der Waals surface area contributed by atoms with Crippen LogP contribution in [0.5, 0.6) is 0 Å². The summed E-state index contributed by atoms with van der Waals surface area (Å²) in [6, 6.07) is 0. The zero-order valence-electron chi connectivity index (χ0n) is 10.8. The Bertz CT molecular complexity index is 413. The van der Waals surface area contributed by atoms with Gasteiger partial charge in [-0.25, -0.2) is 9.13 Å². The molecule has 1 fully saturated rings. The summed E-state index contributed by atoms with van der Waals surface area (Å²) in [5.74, 6) is -1.29. The highest BCUT2D eigenvalue weighted by atomic mass is 31.2. The van der Waals surface area contributed by atoms with Crippen molar-refractivity contribution in [3.8, 4) is 0 Å². The highest BCUT2D eigenvalue weighted by Gasteiger charge is 2.44. The van der Waals surface area contributed by atoms with Crippen LogP contribution in [0.2, 0.25) is 0 Å².